The van der Waals surface area contributed by atoms with Crippen LogP contribution >= 0.6 is 0 Å². The Balaban J connectivity index is 2.51. The summed E-state index contributed by atoms with van der Waals surface area (Å²) in [5.41, 5.74) is 9.49. The molecule has 0 heterocycles. The Labute approximate surface area is 119 Å². The van der Waals surface area contributed by atoms with Crippen LogP contribution in [0.4, 0.5) is 4.39 Å². The topological polar surface area (TPSA) is 35.2 Å². The lowest BCUT2D eigenvalue weighted by Crippen LogP contribution is -2.09. The quantitative estimate of drug-likeness (QED) is 0.889. The van der Waals surface area contributed by atoms with Gasteiger partial charge in [-0.1, -0.05) is 18.2 Å². The van der Waals surface area contributed by atoms with Gasteiger partial charge in [-0.05, 0) is 56.5 Å². The minimum atomic E-state index is -0.420. The molecule has 2 nitrogen and oxygen atoms in total. The van der Waals surface area contributed by atoms with E-state index in [-0.39, 0.29) is 5.82 Å². The van der Waals surface area contributed by atoms with E-state index in [0.717, 1.165) is 22.4 Å². The average molecular weight is 273 g/mol. The molecule has 2 aromatic carbocycles. The number of aryl methyl sites for hydroxylation is 2. The number of hydrogen-bond acceptors (Lipinski definition) is 2. The molecule has 0 saturated carbocycles. The van der Waals surface area contributed by atoms with Gasteiger partial charge in [0.25, 0.3) is 0 Å². The Morgan fingerprint density at radius 3 is 2.35 bits per heavy atom. The van der Waals surface area contributed by atoms with E-state index in [9.17, 15) is 4.39 Å². The molecule has 0 radical (unpaired) electrons. The Morgan fingerprint density at radius 2 is 1.70 bits per heavy atom. The summed E-state index contributed by atoms with van der Waals surface area (Å²) in [5.74, 6) is 0.926. The molecule has 106 valence electrons. The maximum atomic E-state index is 13.9. The third-order valence-electron chi connectivity index (χ3n) is 3.55. The number of hydrogen-bond donors (Lipinski definition) is 1. The van der Waals surface area contributed by atoms with E-state index in [1.165, 1.54) is 6.07 Å². The van der Waals surface area contributed by atoms with Gasteiger partial charge in [-0.25, -0.2) is 4.39 Å². The molecule has 0 aliphatic carbocycles. The average Bonchev–Trinajstić information content (AvgIpc) is 2.39. The molecule has 0 saturated heterocycles. The third-order valence-corrected chi connectivity index (χ3v) is 3.55. The predicted molar refractivity (Wildman–Crippen MR) is 79.7 cm³/mol. The van der Waals surface area contributed by atoms with E-state index in [0.29, 0.717) is 11.3 Å². The second-order valence-corrected chi connectivity index (χ2v) is 5.20. The van der Waals surface area contributed by atoms with Crippen molar-refractivity contribution < 1.29 is 9.13 Å². The zero-order valence-electron chi connectivity index (χ0n) is 12.3. The summed E-state index contributed by atoms with van der Waals surface area (Å²) in [5, 5.41) is 0. The lowest BCUT2D eigenvalue weighted by Gasteiger charge is -2.18. The molecule has 2 rings (SSSR count). The fraction of sp³-hybridized carbons (Fsp3) is 0.294. The molecule has 20 heavy (non-hydrogen) atoms. The molecule has 2 aromatic rings. The van der Waals surface area contributed by atoms with E-state index < -0.39 is 6.04 Å². The van der Waals surface area contributed by atoms with Crippen molar-refractivity contribution in [3.8, 4) is 11.5 Å². The first-order valence-corrected chi connectivity index (χ1v) is 6.70. The van der Waals surface area contributed by atoms with Crippen LogP contribution in [0.5, 0.6) is 11.5 Å². The molecule has 0 aliphatic heterocycles. The molecule has 0 amide bonds. The lowest BCUT2D eigenvalue weighted by atomic mass is 10.0. The van der Waals surface area contributed by atoms with Crippen LogP contribution in [0.25, 0.3) is 0 Å². The highest BCUT2D eigenvalue weighted by molar-refractivity contribution is 5.48. The molecule has 1 atom stereocenters. The molecule has 0 aliphatic rings. The predicted octanol–water partition coefficient (Wildman–Crippen LogP) is 4.56. The summed E-state index contributed by atoms with van der Waals surface area (Å²) < 4.78 is 19.9. The van der Waals surface area contributed by atoms with Crippen LogP contribution < -0.4 is 10.5 Å². The smallest absolute Gasteiger partial charge is 0.135 e. The molecule has 2 N–H and O–H groups in total. The summed E-state index contributed by atoms with van der Waals surface area (Å²) in [7, 11) is 0. The standard InChI is InChI=1S/C17H20FNO/c1-10-8-9-11(2)17(12(10)3)20-15-7-5-6-14(18)16(15)13(4)19/h5-9,13H,19H2,1-4H3. The first-order chi connectivity index (χ1) is 9.41. The second kappa shape index (κ2) is 5.63. The maximum Gasteiger partial charge on any atom is 0.135 e. The summed E-state index contributed by atoms with van der Waals surface area (Å²) in [6, 6.07) is 8.43. The van der Waals surface area contributed by atoms with Crippen molar-refractivity contribution in [2.45, 2.75) is 33.7 Å². The van der Waals surface area contributed by atoms with E-state index in [1.54, 1.807) is 19.1 Å². The number of rotatable bonds is 3. The third kappa shape index (κ3) is 2.68. The Morgan fingerprint density at radius 1 is 1.05 bits per heavy atom. The Hall–Kier alpha value is -1.87. The highest BCUT2D eigenvalue weighted by Crippen LogP contribution is 2.35. The van der Waals surface area contributed by atoms with E-state index >= 15 is 0 Å². The summed E-state index contributed by atoms with van der Waals surface area (Å²) >= 11 is 0. The first kappa shape index (κ1) is 14.5. The molecular formula is C17H20FNO. The highest BCUT2D eigenvalue weighted by Gasteiger charge is 2.16. The van der Waals surface area contributed by atoms with Gasteiger partial charge in [0, 0.05) is 11.6 Å². The van der Waals surface area contributed by atoms with Crippen molar-refractivity contribution in [1.82, 2.24) is 0 Å². The van der Waals surface area contributed by atoms with Crippen molar-refractivity contribution in [1.29, 1.82) is 0 Å². The van der Waals surface area contributed by atoms with Crippen LogP contribution in [0.1, 0.15) is 35.2 Å². The number of nitrogens with two attached hydrogens (primary N) is 1. The van der Waals surface area contributed by atoms with Gasteiger partial charge in [0.1, 0.15) is 17.3 Å². The van der Waals surface area contributed by atoms with E-state index in [1.807, 2.05) is 26.8 Å². The van der Waals surface area contributed by atoms with Crippen molar-refractivity contribution in [3.05, 3.63) is 58.4 Å². The van der Waals surface area contributed by atoms with Crippen LogP contribution in [0.2, 0.25) is 0 Å². The summed E-state index contributed by atoms with van der Waals surface area (Å²) in [6.07, 6.45) is 0. The molecule has 0 fully saturated rings. The van der Waals surface area contributed by atoms with Gasteiger partial charge in [0.2, 0.25) is 0 Å². The number of benzene rings is 2. The van der Waals surface area contributed by atoms with Crippen molar-refractivity contribution in [2.75, 3.05) is 0 Å². The number of ether oxygens (including phenoxy) is 1. The van der Waals surface area contributed by atoms with Crippen LogP contribution in [-0.4, -0.2) is 0 Å². The minimum absolute atomic E-state index is 0.333. The normalized spacial score (nSPS) is 12.3. The first-order valence-electron chi connectivity index (χ1n) is 6.70. The van der Waals surface area contributed by atoms with E-state index in [2.05, 4.69) is 6.07 Å². The molecule has 1 unspecified atom stereocenters. The lowest BCUT2D eigenvalue weighted by molar-refractivity contribution is 0.454. The summed E-state index contributed by atoms with van der Waals surface area (Å²) in [6.45, 7) is 7.76. The van der Waals surface area contributed by atoms with Crippen LogP contribution in [0.15, 0.2) is 30.3 Å². The van der Waals surface area contributed by atoms with Crippen LogP contribution in [0.3, 0.4) is 0 Å². The summed E-state index contributed by atoms with van der Waals surface area (Å²) in [4.78, 5) is 0. The highest BCUT2D eigenvalue weighted by atomic mass is 19.1. The van der Waals surface area contributed by atoms with Gasteiger partial charge in [0.15, 0.2) is 0 Å². The number of halogens is 1. The molecule has 0 bridgehead atoms. The fourth-order valence-electron chi connectivity index (χ4n) is 2.24. The monoisotopic (exact) mass is 273 g/mol. The van der Waals surface area contributed by atoms with Gasteiger partial charge in [-0.2, -0.15) is 0 Å². The van der Waals surface area contributed by atoms with Crippen molar-refractivity contribution in [2.24, 2.45) is 5.73 Å². The van der Waals surface area contributed by atoms with Crippen LogP contribution in [-0.2, 0) is 0 Å². The van der Waals surface area contributed by atoms with Gasteiger partial charge in [-0.3, -0.25) is 0 Å². The Bertz CT molecular complexity index is 635. The van der Waals surface area contributed by atoms with Gasteiger partial charge in [-0.15, -0.1) is 0 Å². The van der Waals surface area contributed by atoms with Crippen molar-refractivity contribution >= 4 is 0 Å². The van der Waals surface area contributed by atoms with E-state index in [4.69, 9.17) is 10.5 Å². The van der Waals surface area contributed by atoms with Gasteiger partial charge >= 0.3 is 0 Å². The molecule has 3 heteroatoms. The SMILES string of the molecule is Cc1ccc(C)c(Oc2cccc(F)c2C(C)N)c1C. The largest absolute Gasteiger partial charge is 0.456 e. The minimum Gasteiger partial charge on any atom is -0.456 e. The van der Waals surface area contributed by atoms with Gasteiger partial charge in [0.05, 0.1) is 0 Å². The van der Waals surface area contributed by atoms with Crippen LogP contribution in [0, 0.1) is 26.6 Å². The maximum absolute atomic E-state index is 13.9. The molecular weight excluding hydrogens is 253 g/mol. The second-order valence-electron chi connectivity index (χ2n) is 5.20. The zero-order valence-corrected chi connectivity index (χ0v) is 12.3. The molecule has 0 spiro atoms. The van der Waals surface area contributed by atoms with Gasteiger partial charge < -0.3 is 10.5 Å². The fourth-order valence-corrected chi connectivity index (χ4v) is 2.24. The Kier molecular flexibility index (Phi) is 4.09. The molecule has 0 aromatic heterocycles. The van der Waals surface area contributed by atoms with Crippen molar-refractivity contribution in [3.63, 3.8) is 0 Å². The zero-order chi connectivity index (χ0) is 14.9.